The number of phenolic OH excluding ortho intramolecular Hbond substituents is 2. The van der Waals surface area contributed by atoms with Crippen molar-refractivity contribution < 1.29 is 39.6 Å². The van der Waals surface area contributed by atoms with Gasteiger partial charge in [-0.25, -0.2) is 9.78 Å². The Balaban J connectivity index is 1.75. The Labute approximate surface area is 241 Å². The number of aromatic amines is 1. The maximum atomic E-state index is 13.3. The lowest BCUT2D eigenvalue weighted by molar-refractivity contribution is -0.142. The number of rotatable bonds is 14. The van der Waals surface area contributed by atoms with Crippen molar-refractivity contribution in [3.63, 3.8) is 0 Å². The highest BCUT2D eigenvalue weighted by Gasteiger charge is 2.33. The van der Waals surface area contributed by atoms with Gasteiger partial charge >= 0.3 is 5.97 Å². The molecule has 0 bridgehead atoms. The Hall–Kier alpha value is -4.95. The first-order valence-corrected chi connectivity index (χ1v) is 13.0. The van der Waals surface area contributed by atoms with Gasteiger partial charge in [-0.05, 0) is 48.7 Å². The Bertz CT molecular complexity index is 1350. The minimum atomic E-state index is -1.50. The molecule has 0 radical (unpaired) electrons. The number of nitrogens with zero attached hydrogens (tertiary/aromatic N) is 1. The number of aromatic nitrogens is 2. The molecule has 0 spiro atoms. The van der Waals surface area contributed by atoms with Gasteiger partial charge < -0.3 is 47.1 Å². The highest BCUT2D eigenvalue weighted by Crippen LogP contribution is 2.13. The molecule has 1 aromatic heterocycles. The number of amides is 3. The normalized spacial score (nSPS) is 14.5. The van der Waals surface area contributed by atoms with Crippen molar-refractivity contribution in [3.05, 3.63) is 77.9 Å². The van der Waals surface area contributed by atoms with Crippen LogP contribution in [0, 0.1) is 0 Å². The Morgan fingerprint density at radius 2 is 1.36 bits per heavy atom. The molecule has 0 aliphatic carbocycles. The number of aliphatic hydroxyl groups is 1. The maximum absolute atomic E-state index is 13.3. The lowest BCUT2D eigenvalue weighted by Crippen LogP contribution is -2.60. The fourth-order valence-corrected chi connectivity index (χ4v) is 4.07. The zero-order valence-electron chi connectivity index (χ0n) is 22.7. The van der Waals surface area contributed by atoms with E-state index in [1.807, 2.05) is 0 Å². The predicted octanol–water partition coefficient (Wildman–Crippen LogP) is -0.904. The SMILES string of the molecule is CC(O)C(NC(=O)C(N)Cc1ccc(O)cc1)C(=O)NC(Cc1ccc(O)cc1)C(=O)NC(Cc1cnc[nH]1)C(=O)O. The van der Waals surface area contributed by atoms with Gasteiger partial charge in [-0.3, -0.25) is 14.4 Å². The zero-order valence-corrected chi connectivity index (χ0v) is 22.7. The van der Waals surface area contributed by atoms with Crippen LogP contribution < -0.4 is 21.7 Å². The van der Waals surface area contributed by atoms with E-state index < -0.39 is 54.0 Å². The van der Waals surface area contributed by atoms with Gasteiger partial charge in [-0.1, -0.05) is 24.3 Å². The first kappa shape index (κ1) is 31.6. The lowest BCUT2D eigenvalue weighted by Gasteiger charge is -2.26. The fourth-order valence-electron chi connectivity index (χ4n) is 4.07. The van der Waals surface area contributed by atoms with E-state index in [9.17, 15) is 39.6 Å². The number of nitrogens with two attached hydrogens (primary N) is 1. The van der Waals surface area contributed by atoms with E-state index in [4.69, 9.17) is 5.73 Å². The van der Waals surface area contributed by atoms with Gasteiger partial charge in [0.25, 0.3) is 0 Å². The van der Waals surface area contributed by atoms with Crippen LogP contribution in [0.25, 0.3) is 0 Å². The van der Waals surface area contributed by atoms with Crippen LogP contribution in [0.5, 0.6) is 11.5 Å². The monoisotopic (exact) mass is 582 g/mol. The molecule has 3 aromatic rings. The molecule has 0 fully saturated rings. The second kappa shape index (κ2) is 14.6. The summed E-state index contributed by atoms with van der Waals surface area (Å²) in [5.74, 6) is -3.77. The molecular formula is C28H34N6O8. The summed E-state index contributed by atoms with van der Waals surface area (Å²) in [6.45, 7) is 1.27. The molecule has 14 heteroatoms. The first-order valence-electron chi connectivity index (χ1n) is 13.0. The smallest absolute Gasteiger partial charge is 0.326 e. The number of aliphatic hydroxyl groups excluding tert-OH is 1. The number of H-pyrrole nitrogens is 1. The summed E-state index contributed by atoms with van der Waals surface area (Å²) < 4.78 is 0. The molecule has 1 heterocycles. The predicted molar refractivity (Wildman–Crippen MR) is 149 cm³/mol. The van der Waals surface area contributed by atoms with Crippen LogP contribution in [-0.4, -0.2) is 84.4 Å². The molecule has 14 nitrogen and oxygen atoms in total. The van der Waals surface area contributed by atoms with Crippen molar-refractivity contribution in [2.75, 3.05) is 0 Å². The Kier molecular flexibility index (Phi) is 11.0. The largest absolute Gasteiger partial charge is 0.508 e. The van der Waals surface area contributed by atoms with Crippen LogP contribution in [0.2, 0.25) is 0 Å². The number of carboxylic acids is 1. The molecule has 5 unspecified atom stereocenters. The molecule has 3 rings (SSSR count). The van der Waals surface area contributed by atoms with Gasteiger partial charge in [0.1, 0.15) is 29.6 Å². The number of aromatic hydroxyl groups is 2. The molecule has 2 aromatic carbocycles. The molecule has 0 saturated carbocycles. The van der Waals surface area contributed by atoms with E-state index in [0.29, 0.717) is 16.8 Å². The second-order valence-corrected chi connectivity index (χ2v) is 9.82. The van der Waals surface area contributed by atoms with Gasteiger partial charge in [-0.2, -0.15) is 0 Å². The maximum Gasteiger partial charge on any atom is 0.326 e. The number of phenols is 2. The summed E-state index contributed by atoms with van der Waals surface area (Å²) in [5, 5.41) is 46.3. The van der Waals surface area contributed by atoms with Gasteiger partial charge in [0, 0.05) is 24.7 Å². The van der Waals surface area contributed by atoms with E-state index in [1.165, 1.54) is 55.8 Å². The standard InChI is InChI=1S/C28H34N6O8/c1-15(35)24(34-25(38)21(29)10-16-2-6-19(36)7-3-16)27(40)32-22(11-17-4-8-20(37)9-5-17)26(39)33-23(28(41)42)12-18-13-30-14-31-18/h2-9,13-15,21-24,35-37H,10-12,29H2,1H3,(H,30,31)(H,32,40)(H,33,39)(H,34,38)(H,41,42). The average molecular weight is 583 g/mol. The summed E-state index contributed by atoms with van der Waals surface area (Å²) >= 11 is 0. The van der Waals surface area contributed by atoms with Crippen LogP contribution in [0.3, 0.4) is 0 Å². The summed E-state index contributed by atoms with van der Waals surface area (Å²) in [6.07, 6.45) is 1.27. The summed E-state index contributed by atoms with van der Waals surface area (Å²) in [4.78, 5) is 57.8. The van der Waals surface area contributed by atoms with Gasteiger partial charge in [0.15, 0.2) is 0 Å². The van der Waals surface area contributed by atoms with Crippen LogP contribution in [0.4, 0.5) is 0 Å². The van der Waals surface area contributed by atoms with Crippen LogP contribution in [0.1, 0.15) is 23.7 Å². The Morgan fingerprint density at radius 3 is 1.86 bits per heavy atom. The van der Waals surface area contributed by atoms with Crippen LogP contribution in [-0.2, 0) is 38.4 Å². The molecule has 0 saturated heterocycles. The van der Waals surface area contributed by atoms with Crippen molar-refractivity contribution in [2.24, 2.45) is 5.73 Å². The number of aliphatic carboxylic acids is 1. The quantitative estimate of drug-likeness (QED) is 0.113. The van der Waals surface area contributed by atoms with Gasteiger partial charge in [-0.15, -0.1) is 0 Å². The molecule has 0 aliphatic rings. The van der Waals surface area contributed by atoms with Crippen LogP contribution >= 0.6 is 0 Å². The molecular weight excluding hydrogens is 548 g/mol. The van der Waals surface area contributed by atoms with Gasteiger partial charge in [0.2, 0.25) is 17.7 Å². The molecule has 0 aliphatic heterocycles. The summed E-state index contributed by atoms with van der Waals surface area (Å²) in [5.41, 5.74) is 7.65. The van der Waals surface area contributed by atoms with E-state index in [0.717, 1.165) is 0 Å². The van der Waals surface area contributed by atoms with Gasteiger partial charge in [0.05, 0.1) is 18.5 Å². The first-order chi connectivity index (χ1) is 19.9. The number of carboxylic acid groups (broad SMARTS) is 1. The minimum absolute atomic E-state index is 0.0187. The second-order valence-electron chi connectivity index (χ2n) is 9.82. The average Bonchev–Trinajstić information content (AvgIpc) is 3.46. The number of hydrogen-bond acceptors (Lipinski definition) is 9. The zero-order chi connectivity index (χ0) is 30.8. The number of carbonyl (C=O) groups is 4. The fraction of sp³-hybridized carbons (Fsp3) is 0.321. The van der Waals surface area contributed by atoms with Crippen LogP contribution in [0.15, 0.2) is 61.1 Å². The topological polar surface area (TPSA) is 240 Å². The molecule has 42 heavy (non-hydrogen) atoms. The van der Waals surface area contributed by atoms with E-state index in [1.54, 1.807) is 12.1 Å². The highest BCUT2D eigenvalue weighted by atomic mass is 16.4. The Morgan fingerprint density at radius 1 is 0.810 bits per heavy atom. The number of imidazole rings is 1. The number of hydrogen-bond donors (Lipinski definition) is 9. The third kappa shape index (κ3) is 9.31. The molecule has 10 N–H and O–H groups in total. The van der Waals surface area contributed by atoms with Crippen molar-refractivity contribution >= 4 is 23.7 Å². The third-order valence-electron chi connectivity index (χ3n) is 6.39. The molecule has 5 atom stereocenters. The van der Waals surface area contributed by atoms with E-state index >= 15 is 0 Å². The number of benzene rings is 2. The highest BCUT2D eigenvalue weighted by molar-refractivity contribution is 5.94. The summed E-state index contributed by atoms with van der Waals surface area (Å²) in [6, 6.07) is 6.60. The number of carbonyl (C=O) groups excluding carboxylic acids is 3. The van der Waals surface area contributed by atoms with Crippen molar-refractivity contribution in [2.45, 2.75) is 56.5 Å². The summed E-state index contributed by atoms with van der Waals surface area (Å²) in [7, 11) is 0. The van der Waals surface area contributed by atoms with Crippen molar-refractivity contribution in [1.29, 1.82) is 0 Å². The minimum Gasteiger partial charge on any atom is -0.508 e. The molecule has 3 amide bonds. The van der Waals surface area contributed by atoms with Crippen molar-refractivity contribution in [3.8, 4) is 11.5 Å². The van der Waals surface area contributed by atoms with E-state index in [2.05, 4.69) is 25.9 Å². The lowest BCUT2D eigenvalue weighted by atomic mass is 10.0. The molecule has 224 valence electrons. The number of nitrogens with one attached hydrogen (secondary N) is 4. The third-order valence-corrected chi connectivity index (χ3v) is 6.39. The van der Waals surface area contributed by atoms with E-state index in [-0.39, 0.29) is 30.8 Å². The van der Waals surface area contributed by atoms with Crippen molar-refractivity contribution in [1.82, 2.24) is 25.9 Å².